The van der Waals surface area contributed by atoms with E-state index >= 15 is 8.78 Å². The van der Waals surface area contributed by atoms with E-state index in [1.54, 1.807) is 6.92 Å². The highest BCUT2D eigenvalue weighted by Gasteiger charge is 2.63. The van der Waals surface area contributed by atoms with Gasteiger partial charge in [-0.3, -0.25) is 0 Å². The van der Waals surface area contributed by atoms with Gasteiger partial charge in [-0.15, -0.1) is 0 Å². The summed E-state index contributed by atoms with van der Waals surface area (Å²) in [6.45, 7) is 8.08. The van der Waals surface area contributed by atoms with Crippen LogP contribution in [0.1, 0.15) is 65.2 Å². The van der Waals surface area contributed by atoms with Crippen LogP contribution in [0.4, 0.5) is 8.78 Å². The topological polar surface area (TPSA) is 40.5 Å². The van der Waals surface area contributed by atoms with Gasteiger partial charge in [0.15, 0.2) is 0 Å². The maximum Gasteiger partial charge on any atom is 0.251 e. The minimum absolute atomic E-state index is 0.00646. The molecule has 4 fully saturated rings. The highest BCUT2D eigenvalue weighted by Crippen LogP contribution is 2.67. The maximum atomic E-state index is 15.2. The molecule has 0 radical (unpaired) electrons. The first-order chi connectivity index (χ1) is 12.1. The first kappa shape index (κ1) is 18.9. The predicted molar refractivity (Wildman–Crippen MR) is 97.8 cm³/mol. The lowest BCUT2D eigenvalue weighted by molar-refractivity contribution is -0.209. The zero-order chi connectivity index (χ0) is 18.9. The van der Waals surface area contributed by atoms with Crippen molar-refractivity contribution in [2.24, 2.45) is 40.9 Å². The van der Waals surface area contributed by atoms with E-state index in [1.165, 1.54) is 0 Å². The van der Waals surface area contributed by atoms with E-state index < -0.39 is 17.4 Å². The van der Waals surface area contributed by atoms with E-state index in [4.69, 9.17) is 0 Å². The lowest BCUT2D eigenvalue weighted by Gasteiger charge is -2.58. The van der Waals surface area contributed by atoms with E-state index in [2.05, 4.69) is 13.5 Å². The molecule has 26 heavy (non-hydrogen) atoms. The number of hydrogen-bond donors (Lipinski definition) is 2. The molecule has 0 aromatic rings. The van der Waals surface area contributed by atoms with Gasteiger partial charge in [0.05, 0.1) is 12.2 Å². The van der Waals surface area contributed by atoms with Crippen molar-refractivity contribution in [3.8, 4) is 0 Å². The van der Waals surface area contributed by atoms with Crippen molar-refractivity contribution in [3.05, 3.63) is 12.2 Å². The number of alkyl halides is 2. The average Bonchev–Trinajstić information content (AvgIpc) is 2.91. The standard InChI is InChI=1S/C22H34F2O2/c1-13(12-25)17-4-5-18-16-10-22(23,24)19-11-20(2,26)8-6-15(19)14(16)7-9-21(17,18)3/h14-19,25-26H,1,4-12H2,2-3H3/t14-,15-,16-,17-,18+,19+,20-,21-/m1/s1. The van der Waals surface area contributed by atoms with Crippen LogP contribution >= 0.6 is 0 Å². The van der Waals surface area contributed by atoms with Crippen molar-refractivity contribution in [2.75, 3.05) is 6.61 Å². The lowest BCUT2D eigenvalue weighted by Crippen LogP contribution is -2.57. The van der Waals surface area contributed by atoms with Gasteiger partial charge in [-0.2, -0.15) is 0 Å². The Morgan fingerprint density at radius 2 is 1.65 bits per heavy atom. The first-order valence-electron chi connectivity index (χ1n) is 10.5. The second kappa shape index (κ2) is 6.01. The summed E-state index contributed by atoms with van der Waals surface area (Å²) in [6, 6.07) is 0. The molecule has 8 atom stereocenters. The zero-order valence-corrected chi connectivity index (χ0v) is 16.2. The van der Waals surface area contributed by atoms with Crippen LogP contribution < -0.4 is 0 Å². The van der Waals surface area contributed by atoms with E-state index in [-0.39, 0.29) is 42.6 Å². The van der Waals surface area contributed by atoms with Crippen LogP contribution in [-0.2, 0) is 0 Å². The molecule has 2 N–H and O–H groups in total. The van der Waals surface area contributed by atoms with Gasteiger partial charge in [0, 0.05) is 12.3 Å². The fourth-order valence-electron chi connectivity index (χ4n) is 7.77. The van der Waals surface area contributed by atoms with Gasteiger partial charge in [-0.05, 0) is 92.4 Å². The summed E-state index contributed by atoms with van der Waals surface area (Å²) in [6.07, 6.45) is 5.70. The Morgan fingerprint density at radius 3 is 2.35 bits per heavy atom. The molecule has 4 aliphatic rings. The summed E-state index contributed by atoms with van der Waals surface area (Å²) in [5.41, 5.74) is -0.0234. The van der Waals surface area contributed by atoms with Gasteiger partial charge >= 0.3 is 0 Å². The molecule has 0 heterocycles. The third kappa shape index (κ3) is 2.70. The highest BCUT2D eigenvalue weighted by molar-refractivity contribution is 5.16. The Balaban J connectivity index is 1.63. The van der Waals surface area contributed by atoms with Crippen molar-refractivity contribution in [3.63, 3.8) is 0 Å². The number of fused-ring (bicyclic) bond motifs is 5. The van der Waals surface area contributed by atoms with Crippen molar-refractivity contribution in [2.45, 2.75) is 76.7 Å². The van der Waals surface area contributed by atoms with Crippen LogP contribution in [0, 0.1) is 40.9 Å². The molecule has 4 saturated carbocycles. The van der Waals surface area contributed by atoms with Gasteiger partial charge in [0.1, 0.15) is 0 Å². The van der Waals surface area contributed by atoms with Crippen molar-refractivity contribution < 1.29 is 19.0 Å². The van der Waals surface area contributed by atoms with Crippen molar-refractivity contribution in [1.29, 1.82) is 0 Å². The molecule has 0 unspecified atom stereocenters. The molecule has 4 heteroatoms. The first-order valence-corrected chi connectivity index (χ1v) is 10.5. The number of aliphatic hydroxyl groups is 2. The van der Waals surface area contributed by atoms with Crippen LogP contribution in [-0.4, -0.2) is 28.3 Å². The van der Waals surface area contributed by atoms with Crippen molar-refractivity contribution >= 4 is 0 Å². The second-order valence-corrected chi connectivity index (χ2v) is 10.4. The number of aliphatic hydroxyl groups excluding tert-OH is 1. The monoisotopic (exact) mass is 368 g/mol. The summed E-state index contributed by atoms with van der Waals surface area (Å²) in [5, 5.41) is 20.0. The van der Waals surface area contributed by atoms with E-state index in [0.717, 1.165) is 37.7 Å². The minimum atomic E-state index is -2.67. The normalized spacial score (nSPS) is 52.7. The largest absolute Gasteiger partial charge is 0.392 e. The smallest absolute Gasteiger partial charge is 0.251 e. The Hall–Kier alpha value is -0.480. The molecule has 0 bridgehead atoms. The summed E-state index contributed by atoms with van der Waals surface area (Å²) in [5.74, 6) is -2.18. The molecule has 0 spiro atoms. The Labute approximate surface area is 156 Å². The lowest BCUT2D eigenvalue weighted by atomic mass is 9.48. The molecule has 0 aromatic heterocycles. The Kier molecular flexibility index (Phi) is 4.36. The molecule has 0 aromatic carbocycles. The molecule has 2 nitrogen and oxygen atoms in total. The Bertz CT molecular complexity index is 587. The van der Waals surface area contributed by atoms with Crippen LogP contribution in [0.15, 0.2) is 12.2 Å². The van der Waals surface area contributed by atoms with Gasteiger partial charge in [0.2, 0.25) is 0 Å². The highest BCUT2D eigenvalue weighted by atomic mass is 19.3. The van der Waals surface area contributed by atoms with Gasteiger partial charge in [-0.1, -0.05) is 13.5 Å². The average molecular weight is 369 g/mol. The van der Waals surface area contributed by atoms with Gasteiger partial charge in [0.25, 0.3) is 5.92 Å². The summed E-state index contributed by atoms with van der Waals surface area (Å²) in [4.78, 5) is 0. The summed E-state index contributed by atoms with van der Waals surface area (Å²) in [7, 11) is 0. The summed E-state index contributed by atoms with van der Waals surface area (Å²) >= 11 is 0. The van der Waals surface area contributed by atoms with Crippen LogP contribution in [0.25, 0.3) is 0 Å². The third-order valence-electron chi connectivity index (χ3n) is 8.98. The molecule has 0 aliphatic heterocycles. The van der Waals surface area contributed by atoms with Gasteiger partial charge in [-0.25, -0.2) is 8.78 Å². The predicted octanol–water partition coefficient (Wildman–Crippen LogP) is 4.80. The number of halogens is 2. The molecular weight excluding hydrogens is 334 g/mol. The molecule has 4 aliphatic carbocycles. The molecule has 0 amide bonds. The van der Waals surface area contributed by atoms with Crippen LogP contribution in [0.2, 0.25) is 0 Å². The van der Waals surface area contributed by atoms with Crippen LogP contribution in [0.3, 0.4) is 0 Å². The quantitative estimate of drug-likeness (QED) is 0.688. The van der Waals surface area contributed by atoms with Gasteiger partial charge < -0.3 is 10.2 Å². The summed E-state index contributed by atoms with van der Waals surface area (Å²) < 4.78 is 30.4. The zero-order valence-electron chi connectivity index (χ0n) is 16.2. The SMILES string of the molecule is C=C(CO)[C@H]1CC[C@H]2[C@@H]3CC(F)(F)[C@H]4C[C@](C)(O)CC[C@@H]4[C@H]3CC[C@]12C. The fraction of sp³-hybridized carbons (Fsp3) is 0.909. The van der Waals surface area contributed by atoms with E-state index in [1.807, 2.05) is 0 Å². The Morgan fingerprint density at radius 1 is 0.962 bits per heavy atom. The van der Waals surface area contributed by atoms with Crippen molar-refractivity contribution in [1.82, 2.24) is 0 Å². The van der Waals surface area contributed by atoms with Crippen LogP contribution in [0.5, 0.6) is 0 Å². The van der Waals surface area contributed by atoms with E-state index in [0.29, 0.717) is 18.3 Å². The number of rotatable bonds is 2. The number of hydrogen-bond acceptors (Lipinski definition) is 2. The van der Waals surface area contributed by atoms with E-state index in [9.17, 15) is 10.2 Å². The molecule has 0 saturated heterocycles. The maximum absolute atomic E-state index is 15.2. The fourth-order valence-corrected chi connectivity index (χ4v) is 7.77. The molecular formula is C22H34F2O2. The molecule has 4 rings (SSSR count). The third-order valence-corrected chi connectivity index (χ3v) is 8.98. The minimum Gasteiger partial charge on any atom is -0.392 e. The molecule has 148 valence electrons. The second-order valence-electron chi connectivity index (χ2n) is 10.4.